The Morgan fingerprint density at radius 3 is 2.62 bits per heavy atom. The Morgan fingerprint density at radius 2 is 1.95 bits per heavy atom. The van der Waals surface area contributed by atoms with Crippen LogP contribution in [0, 0.1) is 12.7 Å². The Balaban J connectivity index is 1.97. The van der Waals surface area contributed by atoms with Gasteiger partial charge in [-0.1, -0.05) is 30.3 Å². The van der Waals surface area contributed by atoms with Gasteiger partial charge in [0.05, 0.1) is 4.47 Å². The van der Waals surface area contributed by atoms with E-state index in [-0.39, 0.29) is 5.82 Å². The van der Waals surface area contributed by atoms with Crippen LogP contribution in [0.2, 0.25) is 0 Å². The number of rotatable bonds is 6. The molecule has 112 valence electrons. The molecule has 1 nitrogen and oxygen atoms in total. The van der Waals surface area contributed by atoms with E-state index in [1.165, 1.54) is 17.2 Å². The largest absolute Gasteiger partial charge is 0.317 e. The molecule has 0 aliphatic rings. The molecule has 0 amide bonds. The molecule has 0 heterocycles. The lowest BCUT2D eigenvalue weighted by Crippen LogP contribution is -2.28. The summed E-state index contributed by atoms with van der Waals surface area (Å²) < 4.78 is 13.8. The second kappa shape index (κ2) is 7.71. The molecule has 2 aromatic rings. The molecule has 21 heavy (non-hydrogen) atoms. The minimum Gasteiger partial charge on any atom is -0.317 e. The first kappa shape index (κ1) is 16.2. The van der Waals surface area contributed by atoms with Crippen molar-refractivity contribution in [3.05, 3.63) is 69.4 Å². The van der Waals surface area contributed by atoms with Gasteiger partial charge in [0.1, 0.15) is 5.82 Å². The third-order valence-corrected chi connectivity index (χ3v) is 4.51. The lowest BCUT2D eigenvalue weighted by atomic mass is 9.97. The fraction of sp³-hybridized carbons (Fsp3) is 0.333. The van der Waals surface area contributed by atoms with Crippen molar-refractivity contribution >= 4 is 15.9 Å². The first-order valence-electron chi connectivity index (χ1n) is 7.26. The number of benzene rings is 2. The summed E-state index contributed by atoms with van der Waals surface area (Å²) >= 11 is 3.25. The van der Waals surface area contributed by atoms with Gasteiger partial charge in [0, 0.05) is 6.04 Å². The smallest absolute Gasteiger partial charge is 0.137 e. The Morgan fingerprint density at radius 1 is 1.19 bits per heavy atom. The van der Waals surface area contributed by atoms with Gasteiger partial charge < -0.3 is 5.32 Å². The van der Waals surface area contributed by atoms with E-state index in [0.29, 0.717) is 10.5 Å². The van der Waals surface area contributed by atoms with Crippen LogP contribution in [0.25, 0.3) is 0 Å². The maximum Gasteiger partial charge on any atom is 0.137 e. The van der Waals surface area contributed by atoms with Crippen LogP contribution >= 0.6 is 15.9 Å². The molecule has 0 aliphatic carbocycles. The zero-order chi connectivity index (χ0) is 15.2. The fourth-order valence-corrected chi connectivity index (χ4v) is 2.95. The topological polar surface area (TPSA) is 12.0 Å². The zero-order valence-electron chi connectivity index (χ0n) is 12.5. The summed E-state index contributed by atoms with van der Waals surface area (Å²) in [6, 6.07) is 14.1. The third-order valence-electron chi connectivity index (χ3n) is 3.90. The Hall–Kier alpha value is -1.19. The number of hydrogen-bond acceptors (Lipinski definition) is 1. The first-order chi connectivity index (χ1) is 10.1. The fourth-order valence-electron chi connectivity index (χ4n) is 2.52. The van der Waals surface area contributed by atoms with Gasteiger partial charge in [-0.3, -0.25) is 0 Å². The van der Waals surface area contributed by atoms with Crippen molar-refractivity contribution in [3.63, 3.8) is 0 Å². The number of aryl methyl sites for hydroxylation is 2. The van der Waals surface area contributed by atoms with E-state index in [0.717, 1.165) is 24.8 Å². The van der Waals surface area contributed by atoms with Gasteiger partial charge in [0.25, 0.3) is 0 Å². The highest BCUT2D eigenvalue weighted by Crippen LogP contribution is 2.19. The molecule has 0 radical (unpaired) electrons. The van der Waals surface area contributed by atoms with Crippen LogP contribution in [-0.2, 0) is 12.8 Å². The summed E-state index contributed by atoms with van der Waals surface area (Å²) in [6.45, 7) is 2.15. The van der Waals surface area contributed by atoms with E-state index in [1.807, 2.05) is 19.2 Å². The predicted octanol–water partition coefficient (Wildman–Crippen LogP) is 4.66. The molecule has 2 rings (SSSR count). The maximum absolute atomic E-state index is 13.3. The second-order valence-electron chi connectivity index (χ2n) is 5.40. The Labute approximate surface area is 134 Å². The van der Waals surface area contributed by atoms with Crippen LogP contribution in [0.4, 0.5) is 4.39 Å². The van der Waals surface area contributed by atoms with Crippen LogP contribution in [-0.4, -0.2) is 13.1 Å². The summed E-state index contributed by atoms with van der Waals surface area (Å²) in [5.41, 5.74) is 3.89. The van der Waals surface area contributed by atoms with Crippen LogP contribution < -0.4 is 5.32 Å². The van der Waals surface area contributed by atoms with Gasteiger partial charge in [-0.2, -0.15) is 0 Å². The molecule has 3 heteroatoms. The van der Waals surface area contributed by atoms with Gasteiger partial charge >= 0.3 is 0 Å². The van der Waals surface area contributed by atoms with Gasteiger partial charge in [-0.05, 0) is 78.0 Å². The van der Waals surface area contributed by atoms with E-state index in [9.17, 15) is 4.39 Å². The van der Waals surface area contributed by atoms with E-state index in [4.69, 9.17) is 0 Å². The summed E-state index contributed by atoms with van der Waals surface area (Å²) in [7, 11) is 1.99. The minimum atomic E-state index is -0.209. The SMILES string of the molecule is CNC(CCc1ccccc1C)Cc1ccc(F)c(Br)c1. The summed E-state index contributed by atoms with van der Waals surface area (Å²) in [4.78, 5) is 0. The van der Waals surface area contributed by atoms with Gasteiger partial charge in [0.15, 0.2) is 0 Å². The van der Waals surface area contributed by atoms with E-state index in [2.05, 4.69) is 52.4 Å². The molecule has 0 saturated carbocycles. The average Bonchev–Trinajstić information content (AvgIpc) is 2.48. The van der Waals surface area contributed by atoms with E-state index < -0.39 is 0 Å². The standard InChI is InChI=1S/C18H21BrFN/c1-13-5-3-4-6-15(13)8-9-16(21-2)11-14-7-10-18(20)17(19)12-14/h3-7,10,12,16,21H,8-9,11H2,1-2H3. The van der Waals surface area contributed by atoms with Crippen LogP contribution in [0.3, 0.4) is 0 Å². The molecule has 0 aromatic heterocycles. The lowest BCUT2D eigenvalue weighted by molar-refractivity contribution is 0.519. The first-order valence-corrected chi connectivity index (χ1v) is 8.05. The van der Waals surface area contributed by atoms with Gasteiger partial charge in [-0.15, -0.1) is 0 Å². The highest BCUT2D eigenvalue weighted by Gasteiger charge is 2.10. The molecular weight excluding hydrogens is 329 g/mol. The zero-order valence-corrected chi connectivity index (χ0v) is 14.1. The van der Waals surface area contributed by atoms with Crippen LogP contribution in [0.5, 0.6) is 0 Å². The molecule has 1 N–H and O–H groups in total. The molecule has 0 spiro atoms. The number of hydrogen-bond donors (Lipinski definition) is 1. The maximum atomic E-state index is 13.3. The summed E-state index contributed by atoms with van der Waals surface area (Å²) in [6.07, 6.45) is 3.03. The molecule has 1 unspecified atom stereocenters. The van der Waals surface area contributed by atoms with Crippen molar-refractivity contribution < 1.29 is 4.39 Å². The predicted molar refractivity (Wildman–Crippen MR) is 90.2 cm³/mol. The lowest BCUT2D eigenvalue weighted by Gasteiger charge is -2.17. The Kier molecular flexibility index (Phi) is 5.95. The third kappa shape index (κ3) is 4.65. The van der Waals surface area contributed by atoms with E-state index >= 15 is 0 Å². The highest BCUT2D eigenvalue weighted by atomic mass is 79.9. The normalized spacial score (nSPS) is 12.4. The van der Waals surface area contributed by atoms with Crippen molar-refractivity contribution in [2.45, 2.75) is 32.2 Å². The highest BCUT2D eigenvalue weighted by molar-refractivity contribution is 9.10. The monoisotopic (exact) mass is 349 g/mol. The Bertz CT molecular complexity index is 598. The molecule has 0 saturated heterocycles. The summed E-state index contributed by atoms with van der Waals surface area (Å²) in [5.74, 6) is -0.209. The molecule has 2 aromatic carbocycles. The van der Waals surface area contributed by atoms with Crippen molar-refractivity contribution in [1.29, 1.82) is 0 Å². The average molecular weight is 350 g/mol. The second-order valence-corrected chi connectivity index (χ2v) is 6.26. The quantitative estimate of drug-likeness (QED) is 0.799. The van der Waals surface area contributed by atoms with Crippen molar-refractivity contribution in [3.8, 4) is 0 Å². The van der Waals surface area contributed by atoms with Crippen molar-refractivity contribution in [2.75, 3.05) is 7.05 Å². The molecule has 1 atom stereocenters. The molecule has 0 aliphatic heterocycles. The number of halogens is 2. The minimum absolute atomic E-state index is 0.209. The van der Waals surface area contributed by atoms with Gasteiger partial charge in [0.2, 0.25) is 0 Å². The number of likely N-dealkylation sites (N-methyl/N-ethyl adjacent to an activating group) is 1. The van der Waals surface area contributed by atoms with Crippen LogP contribution in [0.15, 0.2) is 46.9 Å². The molecular formula is C18H21BrFN. The summed E-state index contributed by atoms with van der Waals surface area (Å²) in [5, 5.41) is 3.37. The van der Waals surface area contributed by atoms with Crippen molar-refractivity contribution in [2.24, 2.45) is 0 Å². The van der Waals surface area contributed by atoms with Crippen molar-refractivity contribution in [1.82, 2.24) is 5.32 Å². The van der Waals surface area contributed by atoms with Crippen LogP contribution in [0.1, 0.15) is 23.1 Å². The van der Waals surface area contributed by atoms with E-state index in [1.54, 1.807) is 0 Å². The van der Waals surface area contributed by atoms with Gasteiger partial charge in [-0.25, -0.2) is 4.39 Å². The molecule has 0 bridgehead atoms. The molecule has 0 fully saturated rings. The number of nitrogens with one attached hydrogen (secondary N) is 1.